The van der Waals surface area contributed by atoms with Gasteiger partial charge in [0.2, 0.25) is 0 Å². The van der Waals surface area contributed by atoms with E-state index in [1.54, 1.807) is 12.1 Å². The molecule has 5 nitrogen and oxygen atoms in total. The van der Waals surface area contributed by atoms with Gasteiger partial charge in [-0.05, 0) is 25.1 Å². The lowest BCUT2D eigenvalue weighted by Crippen LogP contribution is -2.45. The Bertz CT molecular complexity index is 402. The zero-order valence-corrected chi connectivity index (χ0v) is 10.5. The SMILES string of the molecule is Cl.O=[N+]([O-])c1ccc(NC2CCNCC2F)cc1. The monoisotopic (exact) mass is 275 g/mol. The van der Waals surface area contributed by atoms with Crippen LogP contribution in [0.3, 0.4) is 0 Å². The normalized spacial score (nSPS) is 22.9. The summed E-state index contributed by atoms with van der Waals surface area (Å²) in [7, 11) is 0. The maximum Gasteiger partial charge on any atom is 0.269 e. The third-order valence-electron chi connectivity index (χ3n) is 2.84. The van der Waals surface area contributed by atoms with Crippen molar-refractivity contribution in [1.82, 2.24) is 5.32 Å². The van der Waals surface area contributed by atoms with E-state index < -0.39 is 11.1 Å². The van der Waals surface area contributed by atoms with Gasteiger partial charge >= 0.3 is 0 Å². The molecule has 1 aliphatic heterocycles. The molecule has 1 aromatic rings. The summed E-state index contributed by atoms with van der Waals surface area (Å²) < 4.78 is 13.5. The Labute approximate surface area is 110 Å². The molecule has 7 heteroatoms. The Morgan fingerprint density at radius 3 is 2.61 bits per heavy atom. The van der Waals surface area contributed by atoms with E-state index in [1.807, 2.05) is 0 Å². The average molecular weight is 276 g/mol. The molecule has 1 fully saturated rings. The molecule has 100 valence electrons. The first-order chi connectivity index (χ1) is 8.16. The van der Waals surface area contributed by atoms with Gasteiger partial charge in [-0.25, -0.2) is 4.39 Å². The van der Waals surface area contributed by atoms with Crippen molar-refractivity contribution in [3.8, 4) is 0 Å². The van der Waals surface area contributed by atoms with Crippen LogP contribution in [0.2, 0.25) is 0 Å². The summed E-state index contributed by atoms with van der Waals surface area (Å²) in [4.78, 5) is 10.0. The molecule has 0 saturated carbocycles. The van der Waals surface area contributed by atoms with E-state index in [0.29, 0.717) is 18.7 Å². The van der Waals surface area contributed by atoms with Gasteiger partial charge in [-0.1, -0.05) is 0 Å². The van der Waals surface area contributed by atoms with Crippen LogP contribution in [0.1, 0.15) is 6.42 Å². The van der Waals surface area contributed by atoms with Gasteiger partial charge in [0, 0.05) is 24.4 Å². The molecule has 2 unspecified atom stereocenters. The van der Waals surface area contributed by atoms with Crippen molar-refractivity contribution in [2.75, 3.05) is 18.4 Å². The average Bonchev–Trinajstić information content (AvgIpc) is 2.33. The number of hydrogen-bond acceptors (Lipinski definition) is 4. The van der Waals surface area contributed by atoms with Gasteiger partial charge in [-0.15, -0.1) is 12.4 Å². The van der Waals surface area contributed by atoms with Gasteiger partial charge in [0.1, 0.15) is 6.17 Å². The standard InChI is InChI=1S/C11H14FN3O2.ClH/c12-10-7-13-6-5-11(10)14-8-1-3-9(4-2-8)15(16)17;/h1-4,10-11,13-14H,5-7H2;1H. The van der Waals surface area contributed by atoms with Crippen molar-refractivity contribution in [2.24, 2.45) is 0 Å². The second kappa shape index (κ2) is 6.51. The predicted molar refractivity (Wildman–Crippen MR) is 70.1 cm³/mol. The number of piperidine rings is 1. The molecule has 0 spiro atoms. The van der Waals surface area contributed by atoms with Crippen molar-refractivity contribution >= 4 is 23.8 Å². The maximum atomic E-state index is 13.5. The quantitative estimate of drug-likeness (QED) is 0.655. The van der Waals surface area contributed by atoms with Crippen molar-refractivity contribution in [1.29, 1.82) is 0 Å². The Morgan fingerprint density at radius 1 is 1.39 bits per heavy atom. The van der Waals surface area contributed by atoms with Crippen LogP contribution in [0.5, 0.6) is 0 Å². The van der Waals surface area contributed by atoms with Gasteiger partial charge < -0.3 is 10.6 Å². The second-order valence-electron chi connectivity index (χ2n) is 4.06. The minimum absolute atomic E-state index is 0. The van der Waals surface area contributed by atoms with Crippen LogP contribution in [0.4, 0.5) is 15.8 Å². The molecule has 0 amide bonds. The smallest absolute Gasteiger partial charge is 0.269 e. The molecule has 0 bridgehead atoms. The highest BCUT2D eigenvalue weighted by Gasteiger charge is 2.24. The number of alkyl halides is 1. The number of rotatable bonds is 3. The molecule has 1 aliphatic rings. The van der Waals surface area contributed by atoms with Crippen LogP contribution in [0.25, 0.3) is 0 Å². The number of anilines is 1. The van der Waals surface area contributed by atoms with Gasteiger partial charge in [0.15, 0.2) is 0 Å². The van der Waals surface area contributed by atoms with E-state index in [2.05, 4.69) is 10.6 Å². The molecule has 1 heterocycles. The molecular formula is C11H15ClFN3O2. The zero-order valence-electron chi connectivity index (χ0n) is 9.64. The van der Waals surface area contributed by atoms with Gasteiger partial charge in [0.05, 0.1) is 11.0 Å². The summed E-state index contributed by atoms with van der Waals surface area (Å²) in [6.45, 7) is 1.13. The molecule has 1 aromatic carbocycles. The van der Waals surface area contributed by atoms with E-state index in [4.69, 9.17) is 0 Å². The summed E-state index contributed by atoms with van der Waals surface area (Å²) in [5.41, 5.74) is 0.753. The molecule has 0 aromatic heterocycles. The van der Waals surface area contributed by atoms with E-state index >= 15 is 0 Å². The lowest BCUT2D eigenvalue weighted by Gasteiger charge is -2.28. The topological polar surface area (TPSA) is 67.2 Å². The van der Waals surface area contributed by atoms with E-state index in [0.717, 1.165) is 6.54 Å². The molecule has 2 N–H and O–H groups in total. The Morgan fingerprint density at radius 2 is 2.06 bits per heavy atom. The Kier molecular flexibility index (Phi) is 5.30. The van der Waals surface area contributed by atoms with Crippen LogP contribution in [0, 0.1) is 10.1 Å². The lowest BCUT2D eigenvalue weighted by atomic mass is 10.0. The van der Waals surface area contributed by atoms with Crippen LogP contribution in [0.15, 0.2) is 24.3 Å². The first-order valence-corrected chi connectivity index (χ1v) is 5.52. The Balaban J connectivity index is 0.00000162. The molecule has 0 radical (unpaired) electrons. The summed E-state index contributed by atoms with van der Waals surface area (Å²) >= 11 is 0. The molecule has 18 heavy (non-hydrogen) atoms. The second-order valence-corrected chi connectivity index (χ2v) is 4.06. The number of nitrogens with one attached hydrogen (secondary N) is 2. The van der Waals surface area contributed by atoms with E-state index in [9.17, 15) is 14.5 Å². The van der Waals surface area contributed by atoms with Gasteiger partial charge in [0.25, 0.3) is 5.69 Å². The van der Waals surface area contributed by atoms with Gasteiger partial charge in [-0.3, -0.25) is 10.1 Å². The molecule has 0 aliphatic carbocycles. The van der Waals surface area contributed by atoms with Crippen molar-refractivity contribution < 1.29 is 9.31 Å². The van der Waals surface area contributed by atoms with Gasteiger partial charge in [-0.2, -0.15) is 0 Å². The lowest BCUT2D eigenvalue weighted by molar-refractivity contribution is -0.384. The number of hydrogen-bond donors (Lipinski definition) is 2. The number of nitro groups is 1. The minimum atomic E-state index is -0.932. The third kappa shape index (κ3) is 3.54. The number of nitro benzene ring substituents is 1. The summed E-state index contributed by atoms with van der Waals surface area (Å²) in [6, 6.07) is 5.81. The largest absolute Gasteiger partial charge is 0.379 e. The first-order valence-electron chi connectivity index (χ1n) is 5.52. The fraction of sp³-hybridized carbons (Fsp3) is 0.455. The van der Waals surface area contributed by atoms with Crippen LogP contribution in [-0.4, -0.2) is 30.2 Å². The number of non-ortho nitro benzene ring substituents is 1. The highest BCUT2D eigenvalue weighted by atomic mass is 35.5. The van der Waals surface area contributed by atoms with E-state index in [1.165, 1.54) is 12.1 Å². The maximum absolute atomic E-state index is 13.5. The summed E-state index contributed by atoms with van der Waals surface area (Å²) in [5, 5.41) is 16.5. The van der Waals surface area contributed by atoms with Crippen LogP contribution >= 0.6 is 12.4 Å². The molecule has 2 rings (SSSR count). The number of benzene rings is 1. The number of halogens is 2. The van der Waals surface area contributed by atoms with Crippen molar-refractivity contribution in [3.05, 3.63) is 34.4 Å². The highest BCUT2D eigenvalue weighted by molar-refractivity contribution is 5.85. The zero-order chi connectivity index (χ0) is 12.3. The van der Waals surface area contributed by atoms with Crippen molar-refractivity contribution in [2.45, 2.75) is 18.6 Å². The summed E-state index contributed by atoms with van der Waals surface area (Å²) in [5.74, 6) is 0. The molecule has 1 saturated heterocycles. The number of nitrogens with zero attached hydrogens (tertiary/aromatic N) is 1. The van der Waals surface area contributed by atoms with Crippen molar-refractivity contribution in [3.63, 3.8) is 0 Å². The predicted octanol–water partition coefficient (Wildman–Crippen LogP) is 2.13. The fourth-order valence-electron chi connectivity index (χ4n) is 1.88. The summed E-state index contributed by atoms with van der Waals surface area (Å²) in [6.07, 6.45) is -0.225. The highest BCUT2D eigenvalue weighted by Crippen LogP contribution is 2.19. The van der Waals surface area contributed by atoms with Crippen LogP contribution < -0.4 is 10.6 Å². The minimum Gasteiger partial charge on any atom is -0.379 e. The fourth-order valence-corrected chi connectivity index (χ4v) is 1.88. The van der Waals surface area contributed by atoms with E-state index in [-0.39, 0.29) is 24.1 Å². The molecule has 2 atom stereocenters. The third-order valence-corrected chi connectivity index (χ3v) is 2.84. The van der Waals surface area contributed by atoms with Crippen LogP contribution in [-0.2, 0) is 0 Å². The molecular weight excluding hydrogens is 261 g/mol. The first kappa shape index (κ1) is 14.7. The Hall–Kier alpha value is -1.40.